The van der Waals surface area contributed by atoms with Gasteiger partial charge in [0, 0.05) is 11.6 Å². The molecule has 112 valence electrons. The molecule has 1 aliphatic rings. The fourth-order valence-corrected chi connectivity index (χ4v) is 2.68. The molecule has 1 aliphatic carbocycles. The van der Waals surface area contributed by atoms with E-state index in [0.717, 1.165) is 0 Å². The number of nitriles is 1. The van der Waals surface area contributed by atoms with Gasteiger partial charge in [-0.25, -0.2) is 0 Å². The van der Waals surface area contributed by atoms with Crippen molar-refractivity contribution in [3.05, 3.63) is 35.4 Å². The number of nitrogens with one attached hydrogen (secondary N) is 1. The third-order valence-electron chi connectivity index (χ3n) is 3.76. The number of benzene rings is 1. The number of alkyl halides is 3. The van der Waals surface area contributed by atoms with E-state index in [-0.39, 0.29) is 12.0 Å². The lowest BCUT2D eigenvalue weighted by Gasteiger charge is -2.33. The molecule has 3 nitrogen and oxygen atoms in total. The molecule has 21 heavy (non-hydrogen) atoms. The summed E-state index contributed by atoms with van der Waals surface area (Å²) in [6, 6.07) is 6.95. The molecule has 1 aromatic rings. The first-order valence-electron chi connectivity index (χ1n) is 6.79. The first kappa shape index (κ1) is 15.4. The number of amides is 1. The van der Waals surface area contributed by atoms with Gasteiger partial charge >= 0.3 is 6.18 Å². The monoisotopic (exact) mass is 296 g/mol. The van der Waals surface area contributed by atoms with Crippen molar-refractivity contribution >= 4 is 5.91 Å². The molecule has 1 aromatic carbocycles. The molecule has 0 heterocycles. The van der Waals surface area contributed by atoms with Crippen LogP contribution in [-0.2, 0) is 0 Å². The molecular weight excluding hydrogens is 281 g/mol. The van der Waals surface area contributed by atoms with E-state index >= 15 is 0 Å². The van der Waals surface area contributed by atoms with E-state index in [9.17, 15) is 18.0 Å². The van der Waals surface area contributed by atoms with E-state index in [1.807, 2.05) is 6.07 Å². The van der Waals surface area contributed by atoms with Gasteiger partial charge in [-0.3, -0.25) is 4.79 Å². The Labute approximate surface area is 120 Å². The van der Waals surface area contributed by atoms with Crippen molar-refractivity contribution in [2.45, 2.75) is 37.9 Å². The Balaban J connectivity index is 2.12. The average molecular weight is 296 g/mol. The van der Waals surface area contributed by atoms with Crippen LogP contribution in [0.5, 0.6) is 0 Å². The van der Waals surface area contributed by atoms with Gasteiger partial charge in [0.2, 0.25) is 0 Å². The van der Waals surface area contributed by atoms with E-state index in [1.54, 1.807) is 0 Å². The summed E-state index contributed by atoms with van der Waals surface area (Å²) in [5.74, 6) is -2.05. The van der Waals surface area contributed by atoms with Crippen molar-refractivity contribution in [3.8, 4) is 6.07 Å². The van der Waals surface area contributed by atoms with E-state index in [2.05, 4.69) is 5.32 Å². The van der Waals surface area contributed by atoms with Crippen LogP contribution in [-0.4, -0.2) is 18.1 Å². The predicted octanol–water partition coefficient (Wildman–Crippen LogP) is 3.41. The first-order valence-corrected chi connectivity index (χ1v) is 6.79. The van der Waals surface area contributed by atoms with Crippen LogP contribution in [0.15, 0.2) is 24.3 Å². The second-order valence-corrected chi connectivity index (χ2v) is 5.21. The number of halogens is 3. The van der Waals surface area contributed by atoms with Gasteiger partial charge in [0.25, 0.3) is 5.91 Å². The molecule has 0 unspecified atom stereocenters. The Morgan fingerprint density at radius 2 is 2.00 bits per heavy atom. The van der Waals surface area contributed by atoms with Crippen LogP contribution < -0.4 is 5.32 Å². The van der Waals surface area contributed by atoms with Crippen LogP contribution in [0.25, 0.3) is 0 Å². The van der Waals surface area contributed by atoms with Gasteiger partial charge in [0.15, 0.2) is 0 Å². The normalized spacial score (nSPS) is 22.4. The molecule has 0 bridgehead atoms. The maximum Gasteiger partial charge on any atom is 0.393 e. The number of nitrogens with zero attached hydrogens (tertiary/aromatic N) is 1. The van der Waals surface area contributed by atoms with E-state index < -0.39 is 24.0 Å². The summed E-state index contributed by atoms with van der Waals surface area (Å²) in [7, 11) is 0. The summed E-state index contributed by atoms with van der Waals surface area (Å²) >= 11 is 0. The highest BCUT2D eigenvalue weighted by molar-refractivity contribution is 5.94. The van der Waals surface area contributed by atoms with Crippen LogP contribution in [0.2, 0.25) is 0 Å². The van der Waals surface area contributed by atoms with E-state index in [4.69, 9.17) is 5.26 Å². The number of hydrogen-bond donors (Lipinski definition) is 1. The lowest BCUT2D eigenvalue weighted by molar-refractivity contribution is -0.187. The topological polar surface area (TPSA) is 52.9 Å². The molecule has 0 radical (unpaired) electrons. The molecule has 1 fully saturated rings. The molecular formula is C15H15F3N2O. The standard InChI is InChI=1S/C15H15F3N2O/c16-15(17,18)12-6-1-2-7-13(12)20-14(21)11-5-3-4-10(8-11)9-19/h3-5,8,12-13H,1-2,6-7H2,(H,20,21)/t12-,13+/m0/s1. The minimum absolute atomic E-state index is 0.0483. The summed E-state index contributed by atoms with van der Waals surface area (Å²) < 4.78 is 38.9. The molecule has 2 rings (SSSR count). The Kier molecular flexibility index (Phi) is 4.51. The van der Waals surface area contributed by atoms with Gasteiger partial charge < -0.3 is 5.32 Å². The largest absolute Gasteiger partial charge is 0.393 e. The van der Waals surface area contributed by atoms with Gasteiger partial charge in [0.1, 0.15) is 0 Å². The summed E-state index contributed by atoms with van der Waals surface area (Å²) in [5, 5.41) is 11.3. The van der Waals surface area contributed by atoms with E-state index in [0.29, 0.717) is 24.8 Å². The Morgan fingerprint density at radius 1 is 1.29 bits per heavy atom. The van der Waals surface area contributed by atoms with Crippen molar-refractivity contribution in [1.29, 1.82) is 5.26 Å². The minimum Gasteiger partial charge on any atom is -0.349 e. The molecule has 0 aromatic heterocycles. The second-order valence-electron chi connectivity index (χ2n) is 5.21. The predicted molar refractivity (Wildman–Crippen MR) is 70.4 cm³/mol. The van der Waals surface area contributed by atoms with Crippen LogP contribution in [0.3, 0.4) is 0 Å². The second kappa shape index (κ2) is 6.17. The first-order chi connectivity index (χ1) is 9.91. The molecule has 2 atom stereocenters. The SMILES string of the molecule is N#Cc1cccc(C(=O)N[C@@H]2CCCC[C@@H]2C(F)(F)F)c1. The third kappa shape index (κ3) is 3.75. The molecule has 0 aliphatic heterocycles. The molecule has 6 heteroatoms. The fourth-order valence-electron chi connectivity index (χ4n) is 2.68. The van der Waals surface area contributed by atoms with Crippen LogP contribution in [0.1, 0.15) is 41.6 Å². The maximum absolute atomic E-state index is 13.0. The summed E-state index contributed by atoms with van der Waals surface area (Å²) in [5.41, 5.74) is 0.513. The highest BCUT2D eigenvalue weighted by atomic mass is 19.4. The van der Waals surface area contributed by atoms with Crippen LogP contribution in [0.4, 0.5) is 13.2 Å². The zero-order chi connectivity index (χ0) is 15.5. The van der Waals surface area contributed by atoms with Crippen molar-refractivity contribution < 1.29 is 18.0 Å². The molecule has 1 amide bonds. The number of carbonyl (C=O) groups is 1. The summed E-state index contributed by atoms with van der Waals surface area (Å²) in [6.07, 6.45) is -2.72. The lowest BCUT2D eigenvalue weighted by atomic mass is 9.84. The minimum atomic E-state index is -4.30. The van der Waals surface area contributed by atoms with Crippen molar-refractivity contribution in [1.82, 2.24) is 5.32 Å². The van der Waals surface area contributed by atoms with Crippen LogP contribution in [0, 0.1) is 17.2 Å². The van der Waals surface area contributed by atoms with Crippen molar-refractivity contribution in [3.63, 3.8) is 0 Å². The summed E-state index contributed by atoms with van der Waals surface area (Å²) in [4.78, 5) is 12.1. The van der Waals surface area contributed by atoms with Gasteiger partial charge in [-0.15, -0.1) is 0 Å². The van der Waals surface area contributed by atoms with E-state index in [1.165, 1.54) is 24.3 Å². The average Bonchev–Trinajstić information content (AvgIpc) is 2.46. The zero-order valence-corrected chi connectivity index (χ0v) is 11.3. The number of hydrogen-bond acceptors (Lipinski definition) is 2. The molecule has 0 spiro atoms. The Bertz CT molecular complexity index is 563. The van der Waals surface area contributed by atoms with Gasteiger partial charge in [0.05, 0.1) is 17.6 Å². The smallest absolute Gasteiger partial charge is 0.349 e. The molecule has 0 saturated heterocycles. The summed E-state index contributed by atoms with van der Waals surface area (Å²) in [6.45, 7) is 0. The van der Waals surface area contributed by atoms with Crippen molar-refractivity contribution in [2.24, 2.45) is 5.92 Å². The zero-order valence-electron chi connectivity index (χ0n) is 11.3. The molecule has 1 N–H and O–H groups in total. The Hall–Kier alpha value is -2.03. The van der Waals surface area contributed by atoms with Gasteiger partial charge in [-0.05, 0) is 31.0 Å². The number of carbonyl (C=O) groups excluding carboxylic acids is 1. The maximum atomic E-state index is 13.0. The van der Waals surface area contributed by atoms with Crippen molar-refractivity contribution in [2.75, 3.05) is 0 Å². The van der Waals surface area contributed by atoms with Gasteiger partial charge in [-0.2, -0.15) is 18.4 Å². The Morgan fingerprint density at radius 3 is 2.67 bits per heavy atom. The fraction of sp³-hybridized carbons (Fsp3) is 0.467. The molecule has 1 saturated carbocycles. The lowest BCUT2D eigenvalue weighted by Crippen LogP contribution is -2.47. The van der Waals surface area contributed by atoms with Crippen LogP contribution >= 0.6 is 0 Å². The highest BCUT2D eigenvalue weighted by Gasteiger charge is 2.45. The third-order valence-corrected chi connectivity index (χ3v) is 3.76. The highest BCUT2D eigenvalue weighted by Crippen LogP contribution is 2.37. The number of rotatable bonds is 2. The quantitative estimate of drug-likeness (QED) is 0.909. The van der Waals surface area contributed by atoms with Gasteiger partial charge in [-0.1, -0.05) is 18.9 Å².